The van der Waals surface area contributed by atoms with Crippen LogP contribution in [-0.4, -0.2) is 50.5 Å². The molecule has 0 radical (unpaired) electrons. The summed E-state index contributed by atoms with van der Waals surface area (Å²) >= 11 is 5.22. The second kappa shape index (κ2) is 6.68. The van der Waals surface area contributed by atoms with Gasteiger partial charge in [0, 0.05) is 19.9 Å². The molecule has 104 valence electrons. The van der Waals surface area contributed by atoms with Gasteiger partial charge in [-0.2, -0.15) is 0 Å². The van der Waals surface area contributed by atoms with E-state index in [0.29, 0.717) is 5.54 Å². The van der Waals surface area contributed by atoms with Gasteiger partial charge in [0.1, 0.15) is 18.6 Å². The largest absolute Gasteiger partial charge is 0.370 e. The van der Waals surface area contributed by atoms with Gasteiger partial charge in [0.2, 0.25) is 0 Å². The molecule has 2 rings (SSSR count). The van der Waals surface area contributed by atoms with Crippen molar-refractivity contribution in [3.63, 3.8) is 0 Å². The minimum Gasteiger partial charge on any atom is -0.370 e. The van der Waals surface area contributed by atoms with Crippen LogP contribution in [0.4, 0.5) is 0 Å². The van der Waals surface area contributed by atoms with Crippen LogP contribution in [0.15, 0.2) is 0 Å². The smallest absolute Gasteiger partial charge is 0.166 e. The van der Waals surface area contributed by atoms with Gasteiger partial charge in [-0.25, -0.2) is 0 Å². The normalized spacial score (nSPS) is 24.5. The van der Waals surface area contributed by atoms with Crippen molar-refractivity contribution >= 4 is 17.3 Å². The van der Waals surface area contributed by atoms with Crippen molar-refractivity contribution in [3.05, 3.63) is 0 Å². The lowest BCUT2D eigenvalue weighted by atomic mass is 9.80. The third-order valence-corrected chi connectivity index (χ3v) is 4.82. The van der Waals surface area contributed by atoms with Gasteiger partial charge in [-0.1, -0.05) is 6.42 Å². The number of thiocarbonyl (C=S) groups is 1. The zero-order valence-corrected chi connectivity index (χ0v) is 12.2. The predicted octanol–water partition coefficient (Wildman–Crippen LogP) is -0.302. The van der Waals surface area contributed by atoms with Crippen molar-refractivity contribution in [2.75, 3.05) is 39.9 Å². The second-order valence-corrected chi connectivity index (χ2v) is 5.90. The molecule has 0 atom stereocenters. The van der Waals surface area contributed by atoms with E-state index in [2.05, 4.69) is 10.6 Å². The first-order valence-electron chi connectivity index (χ1n) is 7.15. The van der Waals surface area contributed by atoms with Gasteiger partial charge in [0.25, 0.3) is 0 Å². The van der Waals surface area contributed by atoms with E-state index >= 15 is 0 Å². The lowest BCUT2D eigenvalue weighted by Crippen LogP contribution is -3.23. The van der Waals surface area contributed by atoms with Crippen LogP contribution in [0.5, 0.6) is 0 Å². The molecule has 0 aromatic carbocycles. The first kappa shape index (κ1) is 14.0. The fraction of sp³-hybridized carbons (Fsp3) is 0.923. The number of rotatable bonds is 3. The summed E-state index contributed by atoms with van der Waals surface area (Å²) in [7, 11) is 1.88. The van der Waals surface area contributed by atoms with Gasteiger partial charge in [-0.3, -0.25) is 0 Å². The Hall–Kier alpha value is -0.390. The fourth-order valence-electron chi connectivity index (χ4n) is 3.37. The average molecular weight is 272 g/mol. The van der Waals surface area contributed by atoms with E-state index in [1.54, 1.807) is 4.90 Å². The summed E-state index contributed by atoms with van der Waals surface area (Å²) in [6.07, 6.45) is 6.75. The summed E-state index contributed by atoms with van der Waals surface area (Å²) in [5.41, 5.74) is 0.378. The number of ether oxygens (including phenoxy) is 1. The molecule has 1 aliphatic heterocycles. The van der Waals surface area contributed by atoms with Crippen molar-refractivity contribution in [1.29, 1.82) is 0 Å². The predicted molar refractivity (Wildman–Crippen MR) is 77.0 cm³/mol. The maximum absolute atomic E-state index is 5.50. The Balaban J connectivity index is 1.99. The molecule has 2 fully saturated rings. The van der Waals surface area contributed by atoms with Crippen molar-refractivity contribution in [3.8, 4) is 0 Å². The topological polar surface area (TPSA) is 37.7 Å². The van der Waals surface area contributed by atoms with Crippen molar-refractivity contribution < 1.29 is 9.64 Å². The van der Waals surface area contributed by atoms with Crippen molar-refractivity contribution in [2.45, 2.75) is 37.6 Å². The summed E-state index contributed by atoms with van der Waals surface area (Å²) < 4.78 is 5.50. The molecule has 3 N–H and O–H groups in total. The van der Waals surface area contributed by atoms with Gasteiger partial charge in [0.15, 0.2) is 5.11 Å². The Morgan fingerprint density at radius 2 is 1.89 bits per heavy atom. The maximum atomic E-state index is 5.50. The summed E-state index contributed by atoms with van der Waals surface area (Å²) in [6, 6.07) is 0. The maximum Gasteiger partial charge on any atom is 0.166 e. The first-order chi connectivity index (χ1) is 8.77. The summed E-state index contributed by atoms with van der Waals surface area (Å²) in [5.74, 6) is 0. The molecule has 1 heterocycles. The number of morpholine rings is 1. The minimum atomic E-state index is 0.378. The molecular formula is C13H26N3OS+. The molecule has 0 aromatic rings. The SMILES string of the molecule is CNC(=S)NCC1([NH+]2CCOCC2)CCCCC1. The van der Waals surface area contributed by atoms with Crippen LogP contribution < -0.4 is 15.5 Å². The van der Waals surface area contributed by atoms with Gasteiger partial charge in [0.05, 0.1) is 19.8 Å². The molecule has 1 saturated heterocycles. The van der Waals surface area contributed by atoms with Crippen LogP contribution >= 0.6 is 12.2 Å². The highest BCUT2D eigenvalue weighted by molar-refractivity contribution is 7.80. The lowest BCUT2D eigenvalue weighted by molar-refractivity contribution is -0.960. The Kier molecular flexibility index (Phi) is 5.21. The van der Waals surface area contributed by atoms with Crippen LogP contribution in [0, 0.1) is 0 Å². The number of nitrogens with one attached hydrogen (secondary N) is 3. The standard InChI is InChI=1S/C13H25N3OS/c1-14-12(18)15-11-13(5-3-2-4-6-13)16-7-9-17-10-8-16/h2-11H2,1H3,(H2,14,15,18)/p+1. The van der Waals surface area contributed by atoms with Crippen LogP contribution in [0.25, 0.3) is 0 Å². The van der Waals surface area contributed by atoms with Crippen LogP contribution in [0.2, 0.25) is 0 Å². The molecule has 0 bridgehead atoms. The monoisotopic (exact) mass is 272 g/mol. The molecule has 1 aliphatic carbocycles. The van der Waals surface area contributed by atoms with Crippen LogP contribution in [0.3, 0.4) is 0 Å². The molecule has 0 amide bonds. The fourth-order valence-corrected chi connectivity index (χ4v) is 3.44. The van der Waals surface area contributed by atoms with E-state index < -0.39 is 0 Å². The van der Waals surface area contributed by atoms with Crippen LogP contribution in [0.1, 0.15) is 32.1 Å². The van der Waals surface area contributed by atoms with Crippen molar-refractivity contribution in [2.24, 2.45) is 0 Å². The van der Waals surface area contributed by atoms with Crippen LogP contribution in [-0.2, 0) is 4.74 Å². The molecule has 18 heavy (non-hydrogen) atoms. The highest BCUT2D eigenvalue weighted by Gasteiger charge is 2.42. The third kappa shape index (κ3) is 3.33. The number of hydrogen-bond acceptors (Lipinski definition) is 2. The highest BCUT2D eigenvalue weighted by Crippen LogP contribution is 2.25. The van der Waals surface area contributed by atoms with Gasteiger partial charge in [-0.15, -0.1) is 0 Å². The van der Waals surface area contributed by atoms with E-state index in [1.807, 2.05) is 7.05 Å². The zero-order valence-electron chi connectivity index (χ0n) is 11.4. The third-order valence-electron chi connectivity index (χ3n) is 4.47. The highest BCUT2D eigenvalue weighted by atomic mass is 32.1. The van der Waals surface area contributed by atoms with Crippen molar-refractivity contribution in [1.82, 2.24) is 10.6 Å². The second-order valence-electron chi connectivity index (χ2n) is 5.49. The molecule has 4 nitrogen and oxygen atoms in total. The summed E-state index contributed by atoms with van der Waals surface area (Å²) in [5, 5.41) is 7.18. The molecule has 0 aromatic heterocycles. The Morgan fingerprint density at radius 1 is 1.22 bits per heavy atom. The molecule has 5 heteroatoms. The lowest BCUT2D eigenvalue weighted by Gasteiger charge is -2.45. The minimum absolute atomic E-state index is 0.378. The van der Waals surface area contributed by atoms with Gasteiger partial charge < -0.3 is 20.3 Å². The zero-order chi connectivity index (χ0) is 12.8. The Bertz CT molecular complexity index is 273. The van der Waals surface area contributed by atoms with E-state index in [1.165, 1.54) is 32.1 Å². The van der Waals surface area contributed by atoms with E-state index in [9.17, 15) is 0 Å². The average Bonchev–Trinajstić information content (AvgIpc) is 2.46. The summed E-state index contributed by atoms with van der Waals surface area (Å²) in [6.45, 7) is 5.12. The Morgan fingerprint density at radius 3 is 2.50 bits per heavy atom. The summed E-state index contributed by atoms with van der Waals surface area (Å²) in [4.78, 5) is 1.72. The van der Waals surface area contributed by atoms with Gasteiger partial charge in [-0.05, 0) is 25.1 Å². The molecule has 0 unspecified atom stereocenters. The quantitative estimate of drug-likeness (QED) is 0.617. The van der Waals surface area contributed by atoms with E-state index in [0.717, 1.165) is 38.0 Å². The molecule has 2 aliphatic rings. The Labute approximate surface area is 115 Å². The first-order valence-corrected chi connectivity index (χ1v) is 7.56. The van der Waals surface area contributed by atoms with E-state index in [-0.39, 0.29) is 0 Å². The number of quaternary nitrogens is 1. The van der Waals surface area contributed by atoms with Gasteiger partial charge >= 0.3 is 0 Å². The molecular weight excluding hydrogens is 246 g/mol. The molecule has 1 saturated carbocycles. The number of hydrogen-bond donors (Lipinski definition) is 3. The van der Waals surface area contributed by atoms with E-state index in [4.69, 9.17) is 17.0 Å². The molecule has 0 spiro atoms.